The largest absolute Gasteiger partial charge is 0.466 e. The van der Waals surface area contributed by atoms with Crippen molar-refractivity contribution in [3.8, 4) is 0 Å². The second kappa shape index (κ2) is 7.06. The predicted molar refractivity (Wildman–Crippen MR) is 76.0 cm³/mol. The molecule has 2 aliphatic rings. The van der Waals surface area contributed by atoms with Crippen LogP contribution in [0, 0.1) is 0 Å². The minimum atomic E-state index is -0.199. The van der Waals surface area contributed by atoms with E-state index in [9.17, 15) is 4.79 Å². The van der Waals surface area contributed by atoms with E-state index < -0.39 is 0 Å². The van der Waals surface area contributed by atoms with Crippen molar-refractivity contribution in [2.24, 2.45) is 0 Å². The Balaban J connectivity index is 1.76. The number of nitrogens with one attached hydrogen (secondary N) is 1. The second-order valence-corrected chi connectivity index (χ2v) is 5.54. The maximum Gasteiger partial charge on any atom is 0.333 e. The van der Waals surface area contributed by atoms with Gasteiger partial charge in [0, 0.05) is 24.2 Å². The lowest BCUT2D eigenvalue weighted by molar-refractivity contribution is -0.136. The van der Waals surface area contributed by atoms with Gasteiger partial charge in [0.15, 0.2) is 0 Å². The van der Waals surface area contributed by atoms with Crippen LogP contribution in [0.2, 0.25) is 0 Å². The lowest BCUT2D eigenvalue weighted by Crippen LogP contribution is -2.45. The Kier molecular flexibility index (Phi) is 5.40. The molecule has 0 bridgehead atoms. The molecule has 0 aromatic carbocycles. The van der Waals surface area contributed by atoms with Crippen molar-refractivity contribution in [1.29, 1.82) is 0 Å². The summed E-state index contributed by atoms with van der Waals surface area (Å²) in [5.74, 6) is -0.199. The fourth-order valence-electron chi connectivity index (χ4n) is 3.26. The Bertz CT molecular complexity index is 341. The second-order valence-electron chi connectivity index (χ2n) is 5.54. The molecule has 108 valence electrons. The van der Waals surface area contributed by atoms with Crippen LogP contribution >= 0.6 is 0 Å². The van der Waals surface area contributed by atoms with Crippen molar-refractivity contribution >= 4 is 5.97 Å². The molecule has 2 rings (SSSR count). The molecule has 2 fully saturated rings. The Morgan fingerprint density at radius 3 is 3.00 bits per heavy atom. The molecule has 0 saturated carbocycles. The molecule has 0 spiro atoms. The molecule has 0 amide bonds. The summed E-state index contributed by atoms with van der Waals surface area (Å²) >= 11 is 0. The molecule has 19 heavy (non-hydrogen) atoms. The van der Waals surface area contributed by atoms with E-state index in [0.29, 0.717) is 6.04 Å². The number of rotatable bonds is 5. The monoisotopic (exact) mass is 266 g/mol. The summed E-state index contributed by atoms with van der Waals surface area (Å²) in [6.45, 7) is 5.28. The van der Waals surface area contributed by atoms with E-state index in [1.807, 2.05) is 13.0 Å². The number of fused-ring (bicyclic) bond motifs is 1. The Hall–Kier alpha value is -0.870. The SMILES string of the molecule is CCC(=CCNC1CCN2CCCC2C1)C(=O)OC. The number of methoxy groups -OCH3 is 1. The van der Waals surface area contributed by atoms with Crippen molar-refractivity contribution in [3.63, 3.8) is 0 Å². The van der Waals surface area contributed by atoms with E-state index in [1.165, 1.54) is 45.9 Å². The average molecular weight is 266 g/mol. The van der Waals surface area contributed by atoms with E-state index >= 15 is 0 Å². The van der Waals surface area contributed by atoms with Gasteiger partial charge in [0.1, 0.15) is 0 Å². The number of ether oxygens (including phenoxy) is 1. The Morgan fingerprint density at radius 1 is 1.42 bits per heavy atom. The highest BCUT2D eigenvalue weighted by atomic mass is 16.5. The molecule has 2 aliphatic heterocycles. The fourth-order valence-corrected chi connectivity index (χ4v) is 3.26. The third kappa shape index (κ3) is 3.80. The van der Waals surface area contributed by atoms with Crippen LogP contribution in [-0.4, -0.2) is 49.7 Å². The zero-order chi connectivity index (χ0) is 13.7. The predicted octanol–water partition coefficient (Wildman–Crippen LogP) is 1.71. The normalized spacial score (nSPS) is 28.2. The molecular weight excluding hydrogens is 240 g/mol. The molecule has 2 unspecified atom stereocenters. The Labute approximate surface area is 116 Å². The molecule has 1 N–H and O–H groups in total. The number of hydrogen-bond donors (Lipinski definition) is 1. The summed E-state index contributed by atoms with van der Waals surface area (Å²) in [6, 6.07) is 1.40. The highest BCUT2D eigenvalue weighted by molar-refractivity contribution is 5.88. The van der Waals surface area contributed by atoms with Gasteiger partial charge in [-0.05, 0) is 45.2 Å². The smallest absolute Gasteiger partial charge is 0.333 e. The molecule has 4 heteroatoms. The molecule has 0 radical (unpaired) electrons. The molecule has 0 aromatic rings. The van der Waals surface area contributed by atoms with E-state index in [4.69, 9.17) is 4.74 Å². The van der Waals surface area contributed by atoms with Gasteiger partial charge in [-0.3, -0.25) is 0 Å². The van der Waals surface area contributed by atoms with Crippen molar-refractivity contribution in [3.05, 3.63) is 11.6 Å². The maximum atomic E-state index is 11.4. The number of carbonyl (C=O) groups excluding carboxylic acids is 1. The fraction of sp³-hybridized carbons (Fsp3) is 0.800. The zero-order valence-corrected chi connectivity index (χ0v) is 12.2. The minimum absolute atomic E-state index is 0.199. The van der Waals surface area contributed by atoms with Gasteiger partial charge in [-0.2, -0.15) is 0 Å². The minimum Gasteiger partial charge on any atom is -0.466 e. The number of carbonyl (C=O) groups is 1. The van der Waals surface area contributed by atoms with E-state index in [1.54, 1.807) is 0 Å². The van der Waals surface area contributed by atoms with Crippen molar-refractivity contribution in [2.45, 2.75) is 51.1 Å². The number of nitrogens with zero attached hydrogens (tertiary/aromatic N) is 1. The number of hydrogen-bond acceptors (Lipinski definition) is 4. The highest BCUT2D eigenvalue weighted by Gasteiger charge is 2.31. The van der Waals surface area contributed by atoms with Gasteiger partial charge in [0.25, 0.3) is 0 Å². The van der Waals surface area contributed by atoms with E-state index in [-0.39, 0.29) is 5.97 Å². The number of piperidine rings is 1. The van der Waals surface area contributed by atoms with Crippen LogP contribution in [0.25, 0.3) is 0 Å². The van der Waals surface area contributed by atoms with Gasteiger partial charge >= 0.3 is 5.97 Å². The van der Waals surface area contributed by atoms with E-state index in [0.717, 1.165) is 24.6 Å². The lowest BCUT2D eigenvalue weighted by Gasteiger charge is -2.35. The highest BCUT2D eigenvalue weighted by Crippen LogP contribution is 2.26. The lowest BCUT2D eigenvalue weighted by atomic mass is 9.97. The molecule has 2 saturated heterocycles. The molecule has 4 nitrogen and oxygen atoms in total. The topological polar surface area (TPSA) is 41.6 Å². The summed E-state index contributed by atoms with van der Waals surface area (Å²) in [6.07, 6.45) is 7.91. The first-order valence-corrected chi connectivity index (χ1v) is 7.49. The summed E-state index contributed by atoms with van der Waals surface area (Å²) in [4.78, 5) is 14.1. The summed E-state index contributed by atoms with van der Waals surface area (Å²) in [5.41, 5.74) is 0.772. The van der Waals surface area contributed by atoms with Crippen LogP contribution in [0.1, 0.15) is 39.0 Å². The molecule has 0 aliphatic carbocycles. The van der Waals surface area contributed by atoms with Gasteiger partial charge in [0.05, 0.1) is 7.11 Å². The first kappa shape index (κ1) is 14.5. The third-order valence-corrected chi connectivity index (χ3v) is 4.40. The molecule has 2 heterocycles. The van der Waals surface area contributed by atoms with Crippen LogP contribution in [0.4, 0.5) is 0 Å². The maximum absolute atomic E-state index is 11.4. The van der Waals surface area contributed by atoms with Gasteiger partial charge in [-0.1, -0.05) is 13.0 Å². The van der Waals surface area contributed by atoms with Crippen LogP contribution < -0.4 is 5.32 Å². The summed E-state index contributed by atoms with van der Waals surface area (Å²) in [5, 5.41) is 3.57. The quantitative estimate of drug-likeness (QED) is 0.607. The Morgan fingerprint density at radius 2 is 2.26 bits per heavy atom. The average Bonchev–Trinajstić information content (AvgIpc) is 2.90. The van der Waals surface area contributed by atoms with E-state index in [2.05, 4.69) is 10.2 Å². The standard InChI is InChI=1S/C15H26N2O2/c1-3-12(15(18)19-2)6-8-16-13-7-10-17-9-4-5-14(17)11-13/h6,13-14,16H,3-5,7-11H2,1-2H3. The first-order chi connectivity index (χ1) is 9.24. The molecule has 0 aromatic heterocycles. The van der Waals surface area contributed by atoms with Crippen LogP contribution in [-0.2, 0) is 9.53 Å². The van der Waals surface area contributed by atoms with Gasteiger partial charge in [0.2, 0.25) is 0 Å². The molecular formula is C15H26N2O2. The van der Waals surface area contributed by atoms with Crippen molar-refractivity contribution in [2.75, 3.05) is 26.7 Å². The van der Waals surface area contributed by atoms with Crippen LogP contribution in [0.15, 0.2) is 11.6 Å². The first-order valence-electron chi connectivity index (χ1n) is 7.49. The van der Waals surface area contributed by atoms with Crippen molar-refractivity contribution in [1.82, 2.24) is 10.2 Å². The summed E-state index contributed by atoms with van der Waals surface area (Å²) < 4.78 is 4.76. The van der Waals surface area contributed by atoms with Crippen molar-refractivity contribution < 1.29 is 9.53 Å². The zero-order valence-electron chi connectivity index (χ0n) is 12.2. The third-order valence-electron chi connectivity index (χ3n) is 4.40. The van der Waals surface area contributed by atoms with Gasteiger partial charge in [-0.25, -0.2) is 4.79 Å². The van der Waals surface area contributed by atoms with Crippen LogP contribution in [0.5, 0.6) is 0 Å². The molecule has 2 atom stereocenters. The van der Waals surface area contributed by atoms with Gasteiger partial charge < -0.3 is 15.0 Å². The summed E-state index contributed by atoms with van der Waals surface area (Å²) in [7, 11) is 1.44. The number of esters is 1. The van der Waals surface area contributed by atoms with Gasteiger partial charge in [-0.15, -0.1) is 0 Å². The van der Waals surface area contributed by atoms with Crippen LogP contribution in [0.3, 0.4) is 0 Å².